The van der Waals surface area contributed by atoms with Crippen LogP contribution < -0.4 is 0 Å². The van der Waals surface area contributed by atoms with Crippen LogP contribution in [-0.4, -0.2) is 95.6 Å². The van der Waals surface area contributed by atoms with Gasteiger partial charge in [0.2, 0.25) is 0 Å². The Balaban J connectivity index is 1.35. The Bertz CT molecular complexity index is 931. The molecule has 0 radical (unpaired) electrons. The predicted octanol–water partition coefficient (Wildman–Crippen LogP) is 0.215. The molecule has 7 fully saturated rings. The zero-order chi connectivity index (χ0) is 24.9. The van der Waals surface area contributed by atoms with Crippen LogP contribution in [0.2, 0.25) is 0 Å². The van der Waals surface area contributed by atoms with E-state index in [4.69, 9.17) is 4.74 Å². The van der Waals surface area contributed by atoms with Crippen molar-refractivity contribution < 1.29 is 35.4 Å². The first-order chi connectivity index (χ1) is 16.3. The number of ether oxygens (including phenoxy) is 1. The SMILES string of the molecule is C[C@H]1CC[C@H]2N(C1)C[C@@H]1[C@H]([C@@H](O)[C@H](O)[C@]3(O)[C@H]1C[C@@]14O[C@@]5(O)[C@@H](CC[C@@H]31)[C@]4(C)CC[C@@H]5O)[C@]2(C)O. The van der Waals surface area contributed by atoms with Crippen molar-refractivity contribution in [2.75, 3.05) is 13.1 Å². The van der Waals surface area contributed by atoms with Gasteiger partial charge in [-0.25, -0.2) is 0 Å². The van der Waals surface area contributed by atoms with E-state index in [1.54, 1.807) is 0 Å². The molecule has 1 spiro atoms. The Kier molecular flexibility index (Phi) is 4.62. The van der Waals surface area contributed by atoms with Crippen molar-refractivity contribution in [1.82, 2.24) is 4.90 Å². The summed E-state index contributed by atoms with van der Waals surface area (Å²) in [4.78, 5) is 2.36. The molecule has 198 valence electrons. The fourth-order valence-corrected chi connectivity index (χ4v) is 11.4. The van der Waals surface area contributed by atoms with E-state index in [1.807, 2.05) is 6.92 Å². The van der Waals surface area contributed by atoms with Crippen LogP contribution in [0, 0.1) is 40.9 Å². The van der Waals surface area contributed by atoms with Crippen LogP contribution in [-0.2, 0) is 4.74 Å². The van der Waals surface area contributed by atoms with Crippen LogP contribution in [0.25, 0.3) is 0 Å². The Labute approximate surface area is 207 Å². The quantitative estimate of drug-likeness (QED) is 0.282. The first-order valence-corrected chi connectivity index (χ1v) is 14.0. The third-order valence-corrected chi connectivity index (χ3v) is 12.8. The van der Waals surface area contributed by atoms with Gasteiger partial charge in [0.05, 0.1) is 17.3 Å². The number of aliphatic hydroxyl groups is 6. The van der Waals surface area contributed by atoms with Crippen LogP contribution in [0.15, 0.2) is 0 Å². The molecule has 7 aliphatic rings. The average molecular weight is 494 g/mol. The minimum Gasteiger partial charge on any atom is -0.390 e. The second kappa shape index (κ2) is 6.81. The molecule has 0 aromatic heterocycles. The summed E-state index contributed by atoms with van der Waals surface area (Å²) in [6, 6.07) is -0.0745. The standard InChI is InChI=1S/C27H43NO7/c1-13-4-7-18-24(3,32)20-14(12-28(18)11-13)15-10-25-17(26(15,33)22(31)21(20)30)6-5-16-23(25,2)9-8-19(29)27(16,34)35-25/h13-22,29-34H,4-12H2,1-3H3/t13-,14-,15-,16-,17+,18+,19-,20+,21+,22-,23-,24+,25+,26-,27-/m0/s1. The number of hydrogen-bond donors (Lipinski definition) is 6. The molecule has 8 heteroatoms. The number of nitrogens with zero attached hydrogens (tertiary/aromatic N) is 1. The summed E-state index contributed by atoms with van der Waals surface area (Å²) >= 11 is 0. The van der Waals surface area contributed by atoms with Gasteiger partial charge in [-0.2, -0.15) is 0 Å². The van der Waals surface area contributed by atoms with E-state index in [2.05, 4.69) is 18.7 Å². The third kappa shape index (κ3) is 2.44. The number of hydrogen-bond acceptors (Lipinski definition) is 8. The van der Waals surface area contributed by atoms with E-state index >= 15 is 0 Å². The molecule has 4 bridgehead atoms. The highest BCUT2D eigenvalue weighted by atomic mass is 16.7. The van der Waals surface area contributed by atoms with Gasteiger partial charge in [-0.3, -0.25) is 4.90 Å². The molecule has 8 nitrogen and oxygen atoms in total. The number of rotatable bonds is 0. The minimum atomic E-state index is -1.64. The van der Waals surface area contributed by atoms with Crippen molar-refractivity contribution in [2.45, 2.75) is 113 Å². The summed E-state index contributed by atoms with van der Waals surface area (Å²) in [6.45, 7) is 7.73. The minimum absolute atomic E-state index is 0.0745. The first-order valence-electron chi connectivity index (χ1n) is 14.0. The maximum atomic E-state index is 12.5. The predicted molar refractivity (Wildman–Crippen MR) is 125 cm³/mol. The molecule has 4 aliphatic carbocycles. The van der Waals surface area contributed by atoms with E-state index in [1.165, 1.54) is 0 Å². The number of fused-ring (bicyclic) bond motifs is 5. The zero-order valence-corrected chi connectivity index (χ0v) is 21.2. The maximum absolute atomic E-state index is 12.5. The Morgan fingerprint density at radius 3 is 2.34 bits per heavy atom. The lowest BCUT2D eigenvalue weighted by atomic mass is 9.49. The highest BCUT2D eigenvalue weighted by Gasteiger charge is 2.84. The van der Waals surface area contributed by atoms with E-state index < -0.39 is 58.2 Å². The van der Waals surface area contributed by atoms with Crippen molar-refractivity contribution in [3.8, 4) is 0 Å². The van der Waals surface area contributed by atoms with Crippen LogP contribution >= 0.6 is 0 Å². The van der Waals surface area contributed by atoms with Gasteiger partial charge in [0, 0.05) is 42.3 Å². The topological polar surface area (TPSA) is 134 Å². The van der Waals surface area contributed by atoms with Gasteiger partial charge >= 0.3 is 0 Å². The highest BCUT2D eigenvalue weighted by molar-refractivity contribution is 5.31. The summed E-state index contributed by atoms with van der Waals surface area (Å²) in [7, 11) is 0. The molecular formula is C27H43NO7. The summed E-state index contributed by atoms with van der Waals surface area (Å²) in [5, 5.41) is 69.9. The molecule has 4 saturated carbocycles. The second-order valence-electron chi connectivity index (χ2n) is 14.1. The molecule has 3 saturated heterocycles. The van der Waals surface area contributed by atoms with Crippen LogP contribution in [0.4, 0.5) is 0 Å². The lowest BCUT2D eigenvalue weighted by molar-refractivity contribution is -0.290. The normalized spacial score (nSPS) is 67.5. The largest absolute Gasteiger partial charge is 0.390 e. The smallest absolute Gasteiger partial charge is 0.196 e. The number of aliphatic hydroxyl groups excluding tert-OH is 3. The third-order valence-electron chi connectivity index (χ3n) is 12.8. The van der Waals surface area contributed by atoms with Gasteiger partial charge in [0.1, 0.15) is 17.8 Å². The molecule has 3 heterocycles. The van der Waals surface area contributed by atoms with Gasteiger partial charge in [-0.05, 0) is 69.6 Å². The van der Waals surface area contributed by atoms with Gasteiger partial charge in [-0.1, -0.05) is 13.8 Å². The van der Waals surface area contributed by atoms with E-state index in [-0.39, 0.29) is 23.8 Å². The molecule has 0 aromatic carbocycles. The molecule has 0 amide bonds. The van der Waals surface area contributed by atoms with E-state index in [0.717, 1.165) is 19.4 Å². The molecule has 7 rings (SSSR count). The molecule has 35 heavy (non-hydrogen) atoms. The monoisotopic (exact) mass is 493 g/mol. The maximum Gasteiger partial charge on any atom is 0.196 e. The van der Waals surface area contributed by atoms with Crippen LogP contribution in [0.3, 0.4) is 0 Å². The summed E-state index contributed by atoms with van der Waals surface area (Å²) < 4.78 is 6.60. The van der Waals surface area contributed by atoms with Gasteiger partial charge in [0.15, 0.2) is 5.79 Å². The lowest BCUT2D eigenvalue weighted by Crippen LogP contribution is -2.76. The average Bonchev–Trinajstić information content (AvgIpc) is 3.04. The molecule has 6 N–H and O–H groups in total. The van der Waals surface area contributed by atoms with Crippen molar-refractivity contribution >= 4 is 0 Å². The van der Waals surface area contributed by atoms with E-state index in [0.29, 0.717) is 44.6 Å². The Morgan fingerprint density at radius 2 is 1.60 bits per heavy atom. The van der Waals surface area contributed by atoms with Crippen molar-refractivity contribution in [1.29, 1.82) is 0 Å². The fraction of sp³-hybridized carbons (Fsp3) is 1.00. The van der Waals surface area contributed by atoms with Crippen molar-refractivity contribution in [2.24, 2.45) is 40.9 Å². The van der Waals surface area contributed by atoms with Crippen LogP contribution in [0.1, 0.15) is 65.7 Å². The molecule has 3 aliphatic heterocycles. The van der Waals surface area contributed by atoms with Crippen molar-refractivity contribution in [3.63, 3.8) is 0 Å². The molecular weight excluding hydrogens is 450 g/mol. The van der Waals surface area contributed by atoms with E-state index in [9.17, 15) is 30.6 Å². The van der Waals surface area contributed by atoms with Gasteiger partial charge in [0.25, 0.3) is 0 Å². The first kappa shape index (κ1) is 23.8. The fourth-order valence-electron chi connectivity index (χ4n) is 11.4. The van der Waals surface area contributed by atoms with Crippen LogP contribution in [0.5, 0.6) is 0 Å². The Hall–Kier alpha value is -0.320. The highest BCUT2D eigenvalue weighted by Crippen LogP contribution is 2.76. The van der Waals surface area contributed by atoms with Crippen molar-refractivity contribution in [3.05, 3.63) is 0 Å². The molecule has 0 aromatic rings. The number of piperidine rings is 2. The zero-order valence-electron chi connectivity index (χ0n) is 21.2. The summed E-state index contributed by atoms with van der Waals surface area (Å²) in [5.41, 5.74) is -4.08. The summed E-state index contributed by atoms with van der Waals surface area (Å²) in [5.74, 6) is -2.93. The molecule has 15 atom stereocenters. The van der Waals surface area contributed by atoms with Gasteiger partial charge in [-0.15, -0.1) is 0 Å². The lowest BCUT2D eigenvalue weighted by Gasteiger charge is -2.63. The second-order valence-corrected chi connectivity index (χ2v) is 14.1. The molecule has 0 unspecified atom stereocenters. The summed E-state index contributed by atoms with van der Waals surface area (Å²) in [6.07, 6.45) is 1.05. The Morgan fingerprint density at radius 1 is 0.886 bits per heavy atom. The van der Waals surface area contributed by atoms with Gasteiger partial charge < -0.3 is 35.4 Å².